The van der Waals surface area contributed by atoms with Gasteiger partial charge in [0.15, 0.2) is 11.5 Å². The molecule has 2 aliphatic rings. The number of Topliss-reactive ketones (excluding diaryl/α,β-unsaturated/α-hetero) is 1. The summed E-state index contributed by atoms with van der Waals surface area (Å²) in [5.41, 5.74) is 0.791. The van der Waals surface area contributed by atoms with Crippen LogP contribution in [-0.2, 0) is 10.4 Å². The first-order chi connectivity index (χ1) is 17.3. The number of hydrogen-bond acceptors (Lipinski definition) is 5. The molecule has 0 amide bonds. The molecule has 0 N–H and O–H groups in total. The van der Waals surface area contributed by atoms with Gasteiger partial charge in [0.2, 0.25) is 0 Å². The normalized spacial score (nSPS) is 21.0. The molecule has 3 atom stereocenters. The highest BCUT2D eigenvalue weighted by Gasteiger charge is 2.41. The van der Waals surface area contributed by atoms with Gasteiger partial charge < -0.3 is 14.2 Å². The number of fused-ring (bicyclic) bond motifs is 1. The number of ether oxygens (including phenoxy) is 3. The fourth-order valence-corrected chi connectivity index (χ4v) is 4.52. The Labute approximate surface area is 206 Å². The lowest BCUT2D eigenvalue weighted by molar-refractivity contribution is -0.135. The van der Waals surface area contributed by atoms with Gasteiger partial charge in [0, 0.05) is 18.2 Å². The third-order valence-electron chi connectivity index (χ3n) is 6.79. The van der Waals surface area contributed by atoms with Crippen LogP contribution in [0.5, 0.6) is 11.5 Å². The number of hydrogen-bond donors (Lipinski definition) is 0. The Hall–Kier alpha value is -3.33. The molecule has 0 spiro atoms. The van der Waals surface area contributed by atoms with E-state index in [9.17, 15) is 18.0 Å². The topological polar surface area (TPSA) is 62.1 Å². The largest absolute Gasteiger partial charge is 0.496 e. The van der Waals surface area contributed by atoms with Crippen LogP contribution >= 0.6 is 0 Å². The highest BCUT2D eigenvalue weighted by atomic mass is 19.2. The SMILES string of the molecule is C=CC(F)Oc1cc(-c2cnc3cc(C4(F)COC4)ccn23)cc(OC)c1C(=O)CCC[C@@H]1C[C@@H]1F. The van der Waals surface area contributed by atoms with Gasteiger partial charge in [-0.15, -0.1) is 0 Å². The van der Waals surface area contributed by atoms with Gasteiger partial charge in [0.25, 0.3) is 6.36 Å². The van der Waals surface area contributed by atoms with Crippen molar-refractivity contribution in [2.75, 3.05) is 20.3 Å². The lowest BCUT2D eigenvalue weighted by Crippen LogP contribution is -2.42. The second kappa shape index (κ2) is 9.61. The van der Waals surface area contributed by atoms with Gasteiger partial charge in [-0.25, -0.2) is 13.8 Å². The van der Waals surface area contributed by atoms with Crippen molar-refractivity contribution < 1.29 is 32.2 Å². The maximum absolute atomic E-state index is 14.8. The Balaban J connectivity index is 1.49. The van der Waals surface area contributed by atoms with E-state index in [0.717, 1.165) is 6.08 Å². The van der Waals surface area contributed by atoms with E-state index >= 15 is 0 Å². The molecule has 1 unspecified atom stereocenters. The van der Waals surface area contributed by atoms with Gasteiger partial charge in [0.05, 0.1) is 32.2 Å². The molecule has 0 radical (unpaired) electrons. The predicted molar refractivity (Wildman–Crippen MR) is 128 cm³/mol. The molecule has 36 heavy (non-hydrogen) atoms. The van der Waals surface area contributed by atoms with Crippen LogP contribution in [0.15, 0.2) is 49.3 Å². The molecule has 1 aliphatic carbocycles. The predicted octanol–water partition coefficient (Wildman–Crippen LogP) is 5.78. The van der Waals surface area contributed by atoms with Crippen molar-refractivity contribution in [3.63, 3.8) is 0 Å². The van der Waals surface area contributed by atoms with Crippen LogP contribution in [0.25, 0.3) is 16.9 Å². The fourth-order valence-electron chi connectivity index (χ4n) is 4.52. The molecule has 5 rings (SSSR count). The summed E-state index contributed by atoms with van der Waals surface area (Å²) in [6.45, 7) is 3.42. The van der Waals surface area contributed by atoms with Crippen molar-refractivity contribution in [3.8, 4) is 22.8 Å². The minimum absolute atomic E-state index is 0.00679. The van der Waals surface area contributed by atoms with Crippen molar-refractivity contribution in [1.29, 1.82) is 0 Å². The minimum Gasteiger partial charge on any atom is -0.496 e. The van der Waals surface area contributed by atoms with E-state index < -0.39 is 18.2 Å². The molecule has 1 saturated carbocycles. The number of aromatic nitrogens is 2. The zero-order chi connectivity index (χ0) is 25.4. The monoisotopic (exact) mass is 500 g/mol. The number of alkyl halides is 3. The molecular weight excluding hydrogens is 473 g/mol. The molecule has 1 aliphatic heterocycles. The van der Waals surface area contributed by atoms with Gasteiger partial charge >= 0.3 is 0 Å². The Kier molecular flexibility index (Phi) is 6.51. The number of nitrogens with zero attached hydrogens (tertiary/aromatic N) is 2. The van der Waals surface area contributed by atoms with Crippen LogP contribution in [0, 0.1) is 5.92 Å². The summed E-state index contributed by atoms with van der Waals surface area (Å²) in [6, 6.07) is 6.55. The second-order valence-corrected chi connectivity index (χ2v) is 9.33. The maximum atomic E-state index is 14.8. The number of carbonyl (C=O) groups excluding carboxylic acids is 1. The molecule has 2 fully saturated rings. The summed E-state index contributed by atoms with van der Waals surface area (Å²) in [6.07, 6.45) is 3.52. The van der Waals surface area contributed by atoms with Crippen LogP contribution in [0.4, 0.5) is 13.2 Å². The smallest absolute Gasteiger partial charge is 0.257 e. The number of methoxy groups -OCH3 is 1. The lowest BCUT2D eigenvalue weighted by Gasteiger charge is -2.34. The summed E-state index contributed by atoms with van der Waals surface area (Å²) in [7, 11) is 1.42. The summed E-state index contributed by atoms with van der Waals surface area (Å²) >= 11 is 0. The van der Waals surface area contributed by atoms with Gasteiger partial charge in [-0.2, -0.15) is 4.39 Å². The van der Waals surface area contributed by atoms with Gasteiger partial charge in [-0.1, -0.05) is 6.58 Å². The standard InChI is InChI=1S/C27H27F3N2O4/c1-3-24(29)36-23-11-17(10-22(34-2)26(23)21(33)6-4-5-16-9-19(16)28)20-13-31-25-12-18(7-8-32(20)25)27(30)14-35-15-27/h3,7-8,10-13,16,19,24H,1,4-6,9,14-15H2,2H3/t16-,19+,24?/m1/s1. The third-order valence-corrected chi connectivity index (χ3v) is 6.79. The zero-order valence-corrected chi connectivity index (χ0v) is 19.9. The molecule has 1 aromatic carbocycles. The first-order valence-electron chi connectivity index (χ1n) is 11.9. The highest BCUT2D eigenvalue weighted by Crippen LogP contribution is 2.40. The zero-order valence-electron chi connectivity index (χ0n) is 19.9. The number of ketones is 1. The molecule has 9 heteroatoms. The highest BCUT2D eigenvalue weighted by molar-refractivity contribution is 6.02. The van der Waals surface area contributed by atoms with E-state index in [4.69, 9.17) is 14.2 Å². The second-order valence-electron chi connectivity index (χ2n) is 9.33. The van der Waals surface area contributed by atoms with Crippen molar-refractivity contribution in [3.05, 3.63) is 60.4 Å². The van der Waals surface area contributed by atoms with E-state index in [1.807, 2.05) is 0 Å². The fraction of sp³-hybridized carbons (Fsp3) is 0.407. The molecule has 190 valence electrons. The van der Waals surface area contributed by atoms with Crippen molar-refractivity contribution in [1.82, 2.24) is 9.38 Å². The number of imidazole rings is 1. The van der Waals surface area contributed by atoms with Gasteiger partial charge in [0.1, 0.15) is 28.9 Å². The first-order valence-corrected chi connectivity index (χ1v) is 11.9. The summed E-state index contributed by atoms with van der Waals surface area (Å²) in [5, 5.41) is 0. The number of benzene rings is 1. The van der Waals surface area contributed by atoms with E-state index in [0.29, 0.717) is 41.7 Å². The van der Waals surface area contributed by atoms with Gasteiger partial charge in [-0.05, 0) is 61.1 Å². The Morgan fingerprint density at radius 1 is 1.36 bits per heavy atom. The van der Waals surface area contributed by atoms with Crippen LogP contribution in [0.2, 0.25) is 0 Å². The molecule has 3 aromatic rings. The van der Waals surface area contributed by atoms with Crippen LogP contribution in [-0.4, -0.2) is 48.0 Å². The summed E-state index contributed by atoms with van der Waals surface area (Å²) in [4.78, 5) is 17.5. The number of pyridine rings is 1. The van der Waals surface area contributed by atoms with Crippen LogP contribution < -0.4 is 9.47 Å². The maximum Gasteiger partial charge on any atom is 0.257 e. The molecule has 3 heterocycles. The van der Waals surface area contributed by atoms with Crippen molar-refractivity contribution >= 4 is 11.4 Å². The van der Waals surface area contributed by atoms with Gasteiger partial charge in [-0.3, -0.25) is 9.20 Å². The molecule has 6 nitrogen and oxygen atoms in total. The molecule has 2 aromatic heterocycles. The van der Waals surface area contributed by atoms with E-state index in [1.54, 1.807) is 41.1 Å². The minimum atomic E-state index is -1.84. The molecular formula is C27H27F3N2O4. The number of rotatable bonds is 11. The average Bonchev–Trinajstić information content (AvgIpc) is 3.39. The molecule has 1 saturated heterocycles. The lowest BCUT2D eigenvalue weighted by atomic mass is 9.95. The van der Waals surface area contributed by atoms with E-state index in [1.165, 1.54) is 7.11 Å². The number of carbonyl (C=O) groups is 1. The quantitative estimate of drug-likeness (QED) is 0.247. The average molecular weight is 501 g/mol. The Morgan fingerprint density at radius 2 is 2.11 bits per heavy atom. The van der Waals surface area contributed by atoms with E-state index in [-0.39, 0.29) is 48.4 Å². The summed E-state index contributed by atoms with van der Waals surface area (Å²) in [5.74, 6) is -0.0233. The Morgan fingerprint density at radius 3 is 2.75 bits per heavy atom. The van der Waals surface area contributed by atoms with Crippen molar-refractivity contribution in [2.24, 2.45) is 5.92 Å². The van der Waals surface area contributed by atoms with Crippen LogP contribution in [0.1, 0.15) is 41.6 Å². The van der Waals surface area contributed by atoms with Crippen LogP contribution in [0.3, 0.4) is 0 Å². The summed E-state index contributed by atoms with van der Waals surface area (Å²) < 4.78 is 59.9. The molecule has 0 bridgehead atoms. The van der Waals surface area contributed by atoms with E-state index in [2.05, 4.69) is 11.6 Å². The third kappa shape index (κ3) is 4.59. The number of halogens is 3. The van der Waals surface area contributed by atoms with Crippen molar-refractivity contribution in [2.45, 2.75) is 43.9 Å². The first kappa shape index (κ1) is 24.4. The Bertz CT molecular complexity index is 1300.